The molecular weight excluding hydrogens is 345 g/mol. The molecule has 3 N–H and O–H groups in total. The highest BCUT2D eigenvalue weighted by molar-refractivity contribution is 5.94. The van der Waals surface area contributed by atoms with E-state index in [1.54, 1.807) is 0 Å². The van der Waals surface area contributed by atoms with Crippen LogP contribution in [-0.2, 0) is 11.3 Å². The van der Waals surface area contributed by atoms with E-state index in [4.69, 9.17) is 0 Å². The summed E-state index contributed by atoms with van der Waals surface area (Å²) in [4.78, 5) is 27.2. The van der Waals surface area contributed by atoms with E-state index < -0.39 is 5.82 Å². The van der Waals surface area contributed by atoms with E-state index in [1.807, 2.05) is 19.1 Å². The van der Waals surface area contributed by atoms with Crippen LogP contribution in [0.1, 0.15) is 33.6 Å². The second-order valence-corrected chi connectivity index (χ2v) is 6.54. The molecule has 0 aliphatic carbocycles. The molecule has 1 aromatic heterocycles. The quantitative estimate of drug-likeness (QED) is 0.625. The molecule has 0 saturated carbocycles. The monoisotopic (exact) mass is 367 g/mol. The average Bonchev–Trinajstić information content (AvgIpc) is 2.94. The molecule has 3 aromatic rings. The Morgan fingerprint density at radius 1 is 1.04 bits per heavy atom. The summed E-state index contributed by atoms with van der Waals surface area (Å²) in [5.74, 6) is -0.864. The molecule has 140 valence electrons. The third-order valence-corrected chi connectivity index (χ3v) is 4.61. The van der Waals surface area contributed by atoms with Gasteiger partial charge in [0.2, 0.25) is 5.91 Å². The van der Waals surface area contributed by atoms with Crippen LogP contribution < -0.4 is 10.6 Å². The van der Waals surface area contributed by atoms with Crippen molar-refractivity contribution in [2.24, 2.45) is 0 Å². The zero-order valence-corrected chi connectivity index (χ0v) is 15.4. The van der Waals surface area contributed by atoms with Crippen LogP contribution in [0.4, 0.5) is 4.39 Å². The molecule has 0 atom stereocenters. The molecule has 5 nitrogen and oxygen atoms in total. The van der Waals surface area contributed by atoms with Gasteiger partial charge in [0, 0.05) is 41.7 Å². The Kier molecular flexibility index (Phi) is 5.54. The van der Waals surface area contributed by atoms with Gasteiger partial charge in [-0.25, -0.2) is 4.39 Å². The lowest BCUT2D eigenvalue weighted by molar-refractivity contribution is -0.121. The molecule has 0 bridgehead atoms. The van der Waals surface area contributed by atoms with Crippen LogP contribution in [0.5, 0.6) is 0 Å². The number of halogens is 1. The maximum Gasteiger partial charge on any atom is 0.251 e. The van der Waals surface area contributed by atoms with Crippen LogP contribution in [0.3, 0.4) is 0 Å². The predicted octanol–water partition coefficient (Wildman–Crippen LogP) is 3.36. The zero-order valence-electron chi connectivity index (χ0n) is 15.4. The van der Waals surface area contributed by atoms with Crippen LogP contribution >= 0.6 is 0 Å². The molecule has 0 aliphatic heterocycles. The number of carbonyl (C=O) groups is 2. The Hall–Kier alpha value is -3.15. The summed E-state index contributed by atoms with van der Waals surface area (Å²) in [7, 11) is 0. The van der Waals surface area contributed by atoms with Gasteiger partial charge in [-0.2, -0.15) is 0 Å². The van der Waals surface area contributed by atoms with E-state index in [9.17, 15) is 14.0 Å². The lowest BCUT2D eigenvalue weighted by atomic mass is 10.1. The molecule has 0 unspecified atom stereocenters. The van der Waals surface area contributed by atoms with Crippen LogP contribution in [0.25, 0.3) is 10.9 Å². The summed E-state index contributed by atoms with van der Waals surface area (Å²) in [5, 5.41) is 6.67. The summed E-state index contributed by atoms with van der Waals surface area (Å²) in [6, 6.07) is 11.3. The minimum Gasteiger partial charge on any atom is -0.358 e. The van der Waals surface area contributed by atoms with Crippen molar-refractivity contribution in [1.82, 2.24) is 15.6 Å². The van der Waals surface area contributed by atoms with Crippen molar-refractivity contribution in [3.8, 4) is 0 Å². The number of benzene rings is 2. The fourth-order valence-electron chi connectivity index (χ4n) is 2.90. The Labute approximate surface area is 157 Å². The first kappa shape index (κ1) is 18.6. The average molecular weight is 367 g/mol. The largest absolute Gasteiger partial charge is 0.358 e. The van der Waals surface area contributed by atoms with Crippen molar-refractivity contribution in [2.75, 3.05) is 6.54 Å². The van der Waals surface area contributed by atoms with E-state index in [0.29, 0.717) is 12.1 Å². The van der Waals surface area contributed by atoms with Gasteiger partial charge < -0.3 is 15.6 Å². The molecule has 3 rings (SSSR count). The van der Waals surface area contributed by atoms with Gasteiger partial charge in [-0.05, 0) is 61.4 Å². The molecule has 1 heterocycles. The Balaban J connectivity index is 1.46. The smallest absolute Gasteiger partial charge is 0.251 e. The van der Waals surface area contributed by atoms with Crippen molar-refractivity contribution in [3.05, 3.63) is 70.7 Å². The first-order valence-electron chi connectivity index (χ1n) is 8.82. The number of amides is 2. The van der Waals surface area contributed by atoms with Gasteiger partial charge in [0.15, 0.2) is 0 Å². The van der Waals surface area contributed by atoms with Gasteiger partial charge in [0.25, 0.3) is 5.91 Å². The maximum absolute atomic E-state index is 12.9. The number of carbonyl (C=O) groups excluding carboxylic acids is 2. The lowest BCUT2D eigenvalue weighted by Gasteiger charge is -2.07. The van der Waals surface area contributed by atoms with Crippen molar-refractivity contribution in [2.45, 2.75) is 26.8 Å². The number of aromatic amines is 1. The summed E-state index contributed by atoms with van der Waals surface area (Å²) in [6.45, 7) is 4.76. The molecule has 2 aromatic carbocycles. The number of aryl methyl sites for hydroxylation is 2. The minimum absolute atomic E-state index is 0.142. The maximum atomic E-state index is 12.9. The lowest BCUT2D eigenvalue weighted by Crippen LogP contribution is -2.30. The third-order valence-electron chi connectivity index (χ3n) is 4.61. The molecule has 27 heavy (non-hydrogen) atoms. The standard InChI is InChI=1S/C21H22FN3O2/c1-13-14(2)25-19-8-3-15(11-18(13)19)12-24-20(26)9-10-23-21(27)16-4-6-17(22)7-5-16/h3-8,11,25H,9-10,12H2,1-2H3,(H,23,27)(H,24,26). The topological polar surface area (TPSA) is 74.0 Å². The fraction of sp³-hybridized carbons (Fsp3) is 0.238. The van der Waals surface area contributed by atoms with Crippen LogP contribution in [0.15, 0.2) is 42.5 Å². The third kappa shape index (κ3) is 4.53. The SMILES string of the molecule is Cc1[nH]c2ccc(CNC(=O)CCNC(=O)c3ccc(F)cc3)cc2c1C. The van der Waals surface area contributed by atoms with Crippen LogP contribution in [-0.4, -0.2) is 23.3 Å². The summed E-state index contributed by atoms with van der Waals surface area (Å²) in [5.41, 5.74) is 4.82. The number of H-pyrrole nitrogens is 1. The molecular formula is C21H22FN3O2. The molecule has 2 amide bonds. The second-order valence-electron chi connectivity index (χ2n) is 6.54. The number of fused-ring (bicyclic) bond motifs is 1. The van der Waals surface area contributed by atoms with Gasteiger partial charge in [-0.1, -0.05) is 6.07 Å². The van der Waals surface area contributed by atoms with E-state index >= 15 is 0 Å². The number of hydrogen-bond donors (Lipinski definition) is 3. The van der Waals surface area contributed by atoms with Crippen molar-refractivity contribution >= 4 is 22.7 Å². The zero-order chi connectivity index (χ0) is 19.4. The highest BCUT2D eigenvalue weighted by Gasteiger charge is 2.08. The highest BCUT2D eigenvalue weighted by atomic mass is 19.1. The second kappa shape index (κ2) is 8.03. The van der Waals surface area contributed by atoms with E-state index in [0.717, 1.165) is 22.2 Å². The van der Waals surface area contributed by atoms with Gasteiger partial charge in [0.05, 0.1) is 0 Å². The van der Waals surface area contributed by atoms with Gasteiger partial charge in [-0.3, -0.25) is 9.59 Å². The van der Waals surface area contributed by atoms with E-state index in [2.05, 4.69) is 28.6 Å². The van der Waals surface area contributed by atoms with Crippen LogP contribution in [0.2, 0.25) is 0 Å². The van der Waals surface area contributed by atoms with Gasteiger partial charge in [-0.15, -0.1) is 0 Å². The first-order chi connectivity index (χ1) is 12.9. The Morgan fingerprint density at radius 2 is 1.78 bits per heavy atom. The Morgan fingerprint density at radius 3 is 2.52 bits per heavy atom. The van der Waals surface area contributed by atoms with E-state index in [-0.39, 0.29) is 24.8 Å². The fourth-order valence-corrected chi connectivity index (χ4v) is 2.90. The molecule has 0 radical (unpaired) electrons. The van der Waals surface area contributed by atoms with Crippen LogP contribution in [0, 0.1) is 19.7 Å². The van der Waals surface area contributed by atoms with Gasteiger partial charge in [0.1, 0.15) is 5.82 Å². The van der Waals surface area contributed by atoms with E-state index in [1.165, 1.54) is 29.8 Å². The number of aromatic nitrogens is 1. The summed E-state index contributed by atoms with van der Waals surface area (Å²) in [6.07, 6.45) is 0.178. The Bertz CT molecular complexity index is 977. The molecule has 0 fully saturated rings. The molecule has 0 aliphatic rings. The van der Waals surface area contributed by atoms with Gasteiger partial charge >= 0.3 is 0 Å². The summed E-state index contributed by atoms with van der Waals surface area (Å²) >= 11 is 0. The molecule has 0 spiro atoms. The molecule has 0 saturated heterocycles. The number of hydrogen-bond acceptors (Lipinski definition) is 2. The minimum atomic E-state index is -0.394. The van der Waals surface area contributed by atoms with Crippen molar-refractivity contribution < 1.29 is 14.0 Å². The summed E-state index contributed by atoms with van der Waals surface area (Å²) < 4.78 is 12.9. The number of nitrogens with one attached hydrogen (secondary N) is 3. The van der Waals surface area contributed by atoms with Crippen molar-refractivity contribution in [3.63, 3.8) is 0 Å². The molecule has 6 heteroatoms. The van der Waals surface area contributed by atoms with Crippen molar-refractivity contribution in [1.29, 1.82) is 0 Å². The normalized spacial score (nSPS) is 10.8. The first-order valence-corrected chi connectivity index (χ1v) is 8.82. The highest BCUT2D eigenvalue weighted by Crippen LogP contribution is 2.22. The number of rotatable bonds is 6. The predicted molar refractivity (Wildman–Crippen MR) is 103 cm³/mol.